The molecule has 34 heavy (non-hydrogen) atoms. The second kappa shape index (κ2) is 9.66. The molecule has 0 fully saturated rings. The van der Waals surface area contributed by atoms with E-state index in [1.807, 2.05) is 30.3 Å². The average Bonchev–Trinajstić information content (AvgIpc) is 2.84. The molecule has 3 aromatic carbocycles. The van der Waals surface area contributed by atoms with Gasteiger partial charge in [0.25, 0.3) is 11.8 Å². The molecule has 1 aliphatic heterocycles. The molecule has 2 amide bonds. The molecule has 0 saturated carbocycles. The number of anilines is 2. The standard InChI is InChI=1S/C25H25N3O5S/c1-27(2)34(31,32)21-11-8-19(9-12-21)25(30)26-20-10-13-23-22(16-20)28(24(29)17-33-23)15-14-18-6-4-3-5-7-18/h3-13,16H,14-15,17H2,1-2H3,(H,26,30). The summed E-state index contributed by atoms with van der Waals surface area (Å²) in [4.78, 5) is 27.1. The van der Waals surface area contributed by atoms with Crippen molar-refractivity contribution in [2.75, 3.05) is 37.5 Å². The predicted molar refractivity (Wildman–Crippen MR) is 130 cm³/mol. The Balaban J connectivity index is 1.51. The molecule has 0 spiro atoms. The van der Waals surface area contributed by atoms with E-state index < -0.39 is 15.9 Å². The van der Waals surface area contributed by atoms with Gasteiger partial charge in [-0.2, -0.15) is 0 Å². The van der Waals surface area contributed by atoms with Crippen molar-refractivity contribution < 1.29 is 22.7 Å². The molecule has 0 bridgehead atoms. The molecule has 0 aliphatic carbocycles. The van der Waals surface area contributed by atoms with Gasteiger partial charge in [-0.1, -0.05) is 30.3 Å². The highest BCUT2D eigenvalue weighted by molar-refractivity contribution is 7.89. The van der Waals surface area contributed by atoms with Gasteiger partial charge in [-0.05, 0) is 54.4 Å². The highest BCUT2D eigenvalue weighted by atomic mass is 32.2. The first kappa shape index (κ1) is 23.5. The largest absolute Gasteiger partial charge is 0.482 e. The van der Waals surface area contributed by atoms with Crippen molar-refractivity contribution in [2.45, 2.75) is 11.3 Å². The van der Waals surface area contributed by atoms with E-state index in [-0.39, 0.29) is 17.4 Å². The maximum absolute atomic E-state index is 12.8. The van der Waals surface area contributed by atoms with Gasteiger partial charge in [0.2, 0.25) is 10.0 Å². The number of sulfonamides is 1. The number of nitrogens with one attached hydrogen (secondary N) is 1. The molecule has 9 heteroatoms. The summed E-state index contributed by atoms with van der Waals surface area (Å²) in [5, 5.41) is 2.81. The summed E-state index contributed by atoms with van der Waals surface area (Å²) < 4.78 is 31.1. The maximum atomic E-state index is 12.8. The fraction of sp³-hybridized carbons (Fsp3) is 0.200. The monoisotopic (exact) mass is 479 g/mol. The van der Waals surface area contributed by atoms with Gasteiger partial charge < -0.3 is 15.0 Å². The number of amides is 2. The Morgan fingerprint density at radius 3 is 2.41 bits per heavy atom. The summed E-state index contributed by atoms with van der Waals surface area (Å²) in [5.41, 5.74) is 2.52. The van der Waals surface area contributed by atoms with Crippen LogP contribution in [0.25, 0.3) is 0 Å². The molecule has 1 N–H and O–H groups in total. The lowest BCUT2D eigenvalue weighted by molar-refractivity contribution is -0.121. The number of carbonyl (C=O) groups is 2. The maximum Gasteiger partial charge on any atom is 0.265 e. The fourth-order valence-corrected chi connectivity index (χ4v) is 4.50. The summed E-state index contributed by atoms with van der Waals surface area (Å²) in [7, 11) is -0.679. The average molecular weight is 480 g/mol. The number of hydrogen-bond donors (Lipinski definition) is 1. The lowest BCUT2D eigenvalue weighted by Crippen LogP contribution is -2.40. The van der Waals surface area contributed by atoms with Gasteiger partial charge in [0, 0.05) is 31.9 Å². The van der Waals surface area contributed by atoms with Crippen LogP contribution in [0.15, 0.2) is 77.7 Å². The Morgan fingerprint density at radius 1 is 1.03 bits per heavy atom. The lowest BCUT2D eigenvalue weighted by atomic mass is 10.1. The number of fused-ring (bicyclic) bond motifs is 1. The van der Waals surface area contributed by atoms with E-state index in [1.54, 1.807) is 23.1 Å². The van der Waals surface area contributed by atoms with Gasteiger partial charge in [-0.25, -0.2) is 12.7 Å². The normalized spacial score (nSPS) is 13.4. The number of ether oxygens (including phenoxy) is 1. The Kier molecular flexibility index (Phi) is 6.67. The van der Waals surface area contributed by atoms with Crippen molar-refractivity contribution in [1.82, 2.24) is 4.31 Å². The molecule has 1 heterocycles. The summed E-state index contributed by atoms with van der Waals surface area (Å²) >= 11 is 0. The molecule has 0 unspecified atom stereocenters. The van der Waals surface area contributed by atoms with E-state index in [1.165, 1.54) is 38.4 Å². The molecule has 0 radical (unpaired) electrons. The third kappa shape index (κ3) is 4.95. The first-order chi connectivity index (χ1) is 16.3. The molecule has 0 saturated heterocycles. The molecular formula is C25H25N3O5S. The van der Waals surface area contributed by atoms with Gasteiger partial charge in [-0.15, -0.1) is 0 Å². The minimum Gasteiger partial charge on any atom is -0.482 e. The van der Waals surface area contributed by atoms with Gasteiger partial charge in [0.05, 0.1) is 10.6 Å². The van der Waals surface area contributed by atoms with Crippen molar-refractivity contribution in [2.24, 2.45) is 0 Å². The topological polar surface area (TPSA) is 96.0 Å². The lowest BCUT2D eigenvalue weighted by Gasteiger charge is -2.30. The smallest absolute Gasteiger partial charge is 0.265 e. The third-order valence-corrected chi connectivity index (χ3v) is 7.35. The molecule has 1 aliphatic rings. The van der Waals surface area contributed by atoms with Crippen LogP contribution in [0, 0.1) is 0 Å². The van der Waals surface area contributed by atoms with Crippen LogP contribution in [0.2, 0.25) is 0 Å². The van der Waals surface area contributed by atoms with Crippen LogP contribution >= 0.6 is 0 Å². The van der Waals surface area contributed by atoms with Crippen molar-refractivity contribution in [3.05, 3.63) is 83.9 Å². The summed E-state index contributed by atoms with van der Waals surface area (Å²) in [5.74, 6) is 0.0288. The van der Waals surface area contributed by atoms with Gasteiger partial charge in [0.1, 0.15) is 5.75 Å². The highest BCUT2D eigenvalue weighted by Gasteiger charge is 2.26. The van der Waals surface area contributed by atoms with Crippen molar-refractivity contribution in [3.8, 4) is 5.75 Å². The highest BCUT2D eigenvalue weighted by Crippen LogP contribution is 2.35. The van der Waals surface area contributed by atoms with Crippen LogP contribution in [0.1, 0.15) is 15.9 Å². The molecule has 8 nitrogen and oxygen atoms in total. The second-order valence-electron chi connectivity index (χ2n) is 8.02. The van der Waals surface area contributed by atoms with Crippen LogP contribution in [0.4, 0.5) is 11.4 Å². The molecule has 3 aromatic rings. The van der Waals surface area contributed by atoms with E-state index in [0.717, 1.165) is 9.87 Å². The number of nitrogens with zero attached hydrogens (tertiary/aromatic N) is 2. The zero-order valence-electron chi connectivity index (χ0n) is 18.9. The van der Waals surface area contributed by atoms with E-state index in [9.17, 15) is 18.0 Å². The van der Waals surface area contributed by atoms with E-state index in [4.69, 9.17) is 4.74 Å². The minimum absolute atomic E-state index is 0.0320. The van der Waals surface area contributed by atoms with Crippen LogP contribution < -0.4 is 15.0 Å². The molecule has 4 rings (SSSR count). The molecule has 0 atom stereocenters. The fourth-order valence-electron chi connectivity index (χ4n) is 3.60. The third-order valence-electron chi connectivity index (χ3n) is 5.52. The Morgan fingerprint density at radius 2 is 1.74 bits per heavy atom. The van der Waals surface area contributed by atoms with Gasteiger partial charge >= 0.3 is 0 Å². The van der Waals surface area contributed by atoms with Gasteiger partial charge in [-0.3, -0.25) is 9.59 Å². The molecule has 0 aromatic heterocycles. The van der Waals surface area contributed by atoms with Crippen LogP contribution in [0.5, 0.6) is 5.75 Å². The number of benzene rings is 3. The number of hydrogen-bond acceptors (Lipinski definition) is 5. The zero-order valence-corrected chi connectivity index (χ0v) is 19.7. The Bertz CT molecular complexity index is 1310. The summed E-state index contributed by atoms with van der Waals surface area (Å²) in [6, 6.07) is 20.7. The summed E-state index contributed by atoms with van der Waals surface area (Å²) in [6.45, 7) is 0.452. The van der Waals surface area contributed by atoms with Crippen LogP contribution in [0.3, 0.4) is 0 Å². The molecular weight excluding hydrogens is 454 g/mol. The van der Waals surface area contributed by atoms with Crippen molar-refractivity contribution in [3.63, 3.8) is 0 Å². The van der Waals surface area contributed by atoms with Crippen molar-refractivity contribution >= 4 is 33.2 Å². The van der Waals surface area contributed by atoms with E-state index in [0.29, 0.717) is 35.7 Å². The number of carbonyl (C=O) groups excluding carboxylic acids is 2. The quantitative estimate of drug-likeness (QED) is 0.562. The second-order valence-corrected chi connectivity index (χ2v) is 10.2. The minimum atomic E-state index is -3.58. The van der Waals surface area contributed by atoms with E-state index >= 15 is 0 Å². The zero-order chi connectivity index (χ0) is 24.3. The first-order valence-corrected chi connectivity index (χ1v) is 12.1. The summed E-state index contributed by atoms with van der Waals surface area (Å²) in [6.07, 6.45) is 0.685. The SMILES string of the molecule is CN(C)S(=O)(=O)c1ccc(C(=O)Nc2ccc3c(c2)N(CCc2ccccc2)C(=O)CO3)cc1. The Hall–Kier alpha value is -3.69. The van der Waals surface area contributed by atoms with Crippen LogP contribution in [-0.4, -0.2) is 51.8 Å². The Labute approximate surface area is 198 Å². The van der Waals surface area contributed by atoms with Crippen LogP contribution in [-0.2, 0) is 21.2 Å². The van der Waals surface area contributed by atoms with Gasteiger partial charge in [0.15, 0.2) is 6.61 Å². The predicted octanol–water partition coefficient (Wildman–Crippen LogP) is 3.16. The molecule has 176 valence electrons. The number of rotatable bonds is 7. The first-order valence-electron chi connectivity index (χ1n) is 10.7. The van der Waals surface area contributed by atoms with Crippen molar-refractivity contribution in [1.29, 1.82) is 0 Å². The van der Waals surface area contributed by atoms with E-state index in [2.05, 4.69) is 5.32 Å².